The summed E-state index contributed by atoms with van der Waals surface area (Å²) >= 11 is 0. The second kappa shape index (κ2) is 5.50. The number of likely N-dealkylation sites (tertiary alicyclic amines) is 1. The Kier molecular flexibility index (Phi) is 3.69. The molecule has 1 fully saturated rings. The van der Waals surface area contributed by atoms with Gasteiger partial charge in [-0.05, 0) is 25.7 Å². The monoisotopic (exact) mass is 289 g/mol. The Morgan fingerprint density at radius 1 is 1.38 bits per heavy atom. The second-order valence-electron chi connectivity index (χ2n) is 6.12. The van der Waals surface area contributed by atoms with Crippen LogP contribution in [0.25, 0.3) is 11.0 Å². The number of piperidine rings is 1. The molecule has 0 unspecified atom stereocenters. The number of fused-ring (bicyclic) bond motifs is 1. The first kappa shape index (κ1) is 14.1. The molecule has 114 valence electrons. The average molecular weight is 289 g/mol. The molecule has 1 amide bonds. The van der Waals surface area contributed by atoms with Crippen LogP contribution in [0.1, 0.15) is 31.9 Å². The van der Waals surface area contributed by atoms with Gasteiger partial charge >= 0.3 is 0 Å². The Balaban J connectivity index is 1.65. The summed E-state index contributed by atoms with van der Waals surface area (Å²) in [5, 5.41) is 8.79. The summed E-state index contributed by atoms with van der Waals surface area (Å²) in [5.74, 6) is 0.991. The van der Waals surface area contributed by atoms with Crippen LogP contribution >= 0.6 is 0 Å². The van der Waals surface area contributed by atoms with Gasteiger partial charge in [-0.2, -0.15) is 10.2 Å². The van der Waals surface area contributed by atoms with E-state index in [-0.39, 0.29) is 5.91 Å². The number of hydrogen-bond acceptors (Lipinski definition) is 3. The lowest BCUT2D eigenvalue weighted by Gasteiger charge is -2.30. The van der Waals surface area contributed by atoms with Crippen LogP contribution in [0.5, 0.6) is 0 Å². The summed E-state index contributed by atoms with van der Waals surface area (Å²) < 4.78 is 3.74. The van der Waals surface area contributed by atoms with E-state index in [0.717, 1.165) is 48.6 Å². The van der Waals surface area contributed by atoms with Gasteiger partial charge in [-0.1, -0.05) is 6.92 Å². The maximum atomic E-state index is 12.3. The molecule has 1 saturated heterocycles. The van der Waals surface area contributed by atoms with E-state index in [0.29, 0.717) is 13.0 Å². The largest absolute Gasteiger partial charge is 0.343 e. The third kappa shape index (κ3) is 2.66. The molecule has 3 rings (SSSR count). The van der Waals surface area contributed by atoms with Gasteiger partial charge in [-0.25, -0.2) is 0 Å². The molecule has 0 bridgehead atoms. The number of carbonyl (C=O) groups excluding carboxylic acids is 1. The van der Waals surface area contributed by atoms with Crippen molar-refractivity contribution in [3.8, 4) is 0 Å². The van der Waals surface area contributed by atoms with Gasteiger partial charge < -0.3 is 4.90 Å². The molecule has 6 nitrogen and oxygen atoms in total. The van der Waals surface area contributed by atoms with Crippen molar-refractivity contribution < 1.29 is 4.79 Å². The van der Waals surface area contributed by atoms with Gasteiger partial charge in [-0.15, -0.1) is 0 Å². The number of rotatable bonds is 3. The fourth-order valence-corrected chi connectivity index (χ4v) is 3.10. The predicted octanol–water partition coefficient (Wildman–Crippen LogP) is 1.73. The highest BCUT2D eigenvalue weighted by molar-refractivity contribution is 5.78. The molecule has 2 aromatic rings. The van der Waals surface area contributed by atoms with Gasteiger partial charge in [0.1, 0.15) is 11.0 Å². The molecule has 0 aliphatic carbocycles. The van der Waals surface area contributed by atoms with Crippen LogP contribution in [0.2, 0.25) is 0 Å². The molecule has 0 N–H and O–H groups in total. The van der Waals surface area contributed by atoms with Crippen LogP contribution in [-0.2, 0) is 18.4 Å². The molecular weight excluding hydrogens is 266 g/mol. The highest BCUT2D eigenvalue weighted by Gasteiger charge is 2.20. The Bertz CT molecular complexity index is 648. The zero-order valence-corrected chi connectivity index (χ0v) is 13.0. The Labute approximate surface area is 124 Å². The SMILES string of the molecule is Cc1nn(C)c2cnn(CCC(=O)N3CCC(C)CC3)c12. The van der Waals surface area contributed by atoms with E-state index in [1.807, 2.05) is 34.4 Å². The average Bonchev–Trinajstić information content (AvgIpc) is 3.00. The number of nitrogens with zero attached hydrogens (tertiary/aromatic N) is 5. The lowest BCUT2D eigenvalue weighted by atomic mass is 9.99. The molecule has 3 heterocycles. The second-order valence-corrected chi connectivity index (χ2v) is 6.12. The minimum absolute atomic E-state index is 0.243. The lowest BCUT2D eigenvalue weighted by molar-refractivity contribution is -0.132. The molecule has 1 aliphatic rings. The van der Waals surface area contributed by atoms with Crippen LogP contribution in [0.15, 0.2) is 6.20 Å². The fourth-order valence-electron chi connectivity index (χ4n) is 3.10. The molecule has 0 spiro atoms. The molecule has 1 aliphatic heterocycles. The van der Waals surface area contributed by atoms with E-state index >= 15 is 0 Å². The quantitative estimate of drug-likeness (QED) is 0.864. The summed E-state index contributed by atoms with van der Waals surface area (Å²) in [6.07, 6.45) is 4.58. The van der Waals surface area contributed by atoms with Crippen molar-refractivity contribution in [2.45, 2.75) is 39.7 Å². The fraction of sp³-hybridized carbons (Fsp3) is 0.667. The van der Waals surface area contributed by atoms with Crippen molar-refractivity contribution in [2.24, 2.45) is 13.0 Å². The Hall–Kier alpha value is -1.85. The van der Waals surface area contributed by atoms with Crippen molar-refractivity contribution in [1.82, 2.24) is 24.5 Å². The van der Waals surface area contributed by atoms with E-state index < -0.39 is 0 Å². The van der Waals surface area contributed by atoms with Gasteiger partial charge in [-0.3, -0.25) is 14.2 Å². The third-order valence-corrected chi connectivity index (χ3v) is 4.49. The minimum Gasteiger partial charge on any atom is -0.343 e. The van der Waals surface area contributed by atoms with Gasteiger partial charge in [0.2, 0.25) is 5.91 Å². The highest BCUT2D eigenvalue weighted by atomic mass is 16.2. The lowest BCUT2D eigenvalue weighted by Crippen LogP contribution is -2.38. The van der Waals surface area contributed by atoms with Crippen LogP contribution in [-0.4, -0.2) is 43.5 Å². The van der Waals surface area contributed by atoms with Crippen molar-refractivity contribution in [3.05, 3.63) is 11.9 Å². The summed E-state index contributed by atoms with van der Waals surface area (Å²) in [5.41, 5.74) is 3.02. The maximum absolute atomic E-state index is 12.3. The molecule has 0 saturated carbocycles. The van der Waals surface area contributed by atoms with E-state index in [4.69, 9.17) is 0 Å². The predicted molar refractivity (Wildman–Crippen MR) is 80.8 cm³/mol. The van der Waals surface area contributed by atoms with E-state index in [1.54, 1.807) is 0 Å². The molecular formula is C15H23N5O. The topological polar surface area (TPSA) is 56.0 Å². The van der Waals surface area contributed by atoms with Gasteiger partial charge in [0.25, 0.3) is 0 Å². The van der Waals surface area contributed by atoms with E-state index in [9.17, 15) is 4.79 Å². The van der Waals surface area contributed by atoms with Gasteiger partial charge in [0, 0.05) is 26.6 Å². The first-order valence-electron chi connectivity index (χ1n) is 7.69. The van der Waals surface area contributed by atoms with E-state index in [2.05, 4.69) is 17.1 Å². The Morgan fingerprint density at radius 2 is 2.10 bits per heavy atom. The Morgan fingerprint density at radius 3 is 2.81 bits per heavy atom. The number of amides is 1. The van der Waals surface area contributed by atoms with Crippen LogP contribution in [0.4, 0.5) is 0 Å². The van der Waals surface area contributed by atoms with Gasteiger partial charge in [0.15, 0.2) is 0 Å². The molecule has 0 radical (unpaired) electrons. The number of hydrogen-bond donors (Lipinski definition) is 0. The first-order valence-corrected chi connectivity index (χ1v) is 7.69. The van der Waals surface area contributed by atoms with Crippen molar-refractivity contribution in [2.75, 3.05) is 13.1 Å². The van der Waals surface area contributed by atoms with Crippen molar-refractivity contribution >= 4 is 16.9 Å². The summed E-state index contributed by atoms with van der Waals surface area (Å²) in [7, 11) is 1.92. The molecule has 2 aromatic heterocycles. The minimum atomic E-state index is 0.243. The van der Waals surface area contributed by atoms with Crippen LogP contribution < -0.4 is 0 Å². The summed E-state index contributed by atoms with van der Waals surface area (Å²) in [4.78, 5) is 14.3. The number of carbonyl (C=O) groups is 1. The normalized spacial score (nSPS) is 16.8. The highest BCUT2D eigenvalue weighted by Crippen LogP contribution is 2.19. The zero-order valence-electron chi connectivity index (χ0n) is 13.0. The van der Waals surface area contributed by atoms with Crippen LogP contribution in [0, 0.1) is 12.8 Å². The van der Waals surface area contributed by atoms with E-state index in [1.165, 1.54) is 0 Å². The molecule has 0 atom stereocenters. The molecule has 0 aromatic carbocycles. The summed E-state index contributed by atoms with van der Waals surface area (Å²) in [6, 6.07) is 0. The standard InChI is InChI=1S/C15H23N5O/c1-11-4-7-19(8-5-11)14(21)6-9-20-15-12(2)17-18(3)13(15)10-16-20/h10-11H,4-9H2,1-3H3. The van der Waals surface area contributed by atoms with Crippen molar-refractivity contribution in [1.29, 1.82) is 0 Å². The number of aryl methyl sites for hydroxylation is 3. The van der Waals surface area contributed by atoms with Crippen LogP contribution in [0.3, 0.4) is 0 Å². The zero-order chi connectivity index (χ0) is 15.0. The molecule has 21 heavy (non-hydrogen) atoms. The van der Waals surface area contributed by atoms with Gasteiger partial charge in [0.05, 0.1) is 18.4 Å². The molecule has 6 heteroatoms. The van der Waals surface area contributed by atoms with Crippen molar-refractivity contribution in [3.63, 3.8) is 0 Å². The smallest absolute Gasteiger partial charge is 0.224 e. The third-order valence-electron chi connectivity index (χ3n) is 4.49. The number of aromatic nitrogens is 4. The summed E-state index contributed by atoms with van der Waals surface area (Å²) in [6.45, 7) is 6.67. The first-order chi connectivity index (χ1) is 10.1. The maximum Gasteiger partial charge on any atom is 0.224 e.